The van der Waals surface area contributed by atoms with Crippen LogP contribution in [0.4, 0.5) is 0 Å². The standard InChI is InChI=1S/C17H27N/c1-4-15-8-6-10-17(12-15)18-14(3)16-9-5-7-13(2)11-16/h5,7,9,11,14-15,17-18H,4,6,8,10,12H2,1-3H3/t14-,15?,17?/m1/s1. The third-order valence-electron chi connectivity index (χ3n) is 4.39. The van der Waals surface area contributed by atoms with Gasteiger partial charge in [0.25, 0.3) is 0 Å². The normalized spacial score (nSPS) is 25.9. The first-order valence-electron chi connectivity index (χ1n) is 7.51. The van der Waals surface area contributed by atoms with Gasteiger partial charge < -0.3 is 5.32 Å². The van der Waals surface area contributed by atoms with E-state index in [9.17, 15) is 0 Å². The van der Waals surface area contributed by atoms with Crippen LogP contribution in [0.2, 0.25) is 0 Å². The molecule has 0 aliphatic heterocycles. The van der Waals surface area contributed by atoms with Gasteiger partial charge in [-0.25, -0.2) is 0 Å². The van der Waals surface area contributed by atoms with Crippen LogP contribution in [0.25, 0.3) is 0 Å². The fourth-order valence-corrected chi connectivity index (χ4v) is 3.20. The second kappa shape index (κ2) is 6.38. The van der Waals surface area contributed by atoms with Crippen molar-refractivity contribution in [3.63, 3.8) is 0 Å². The summed E-state index contributed by atoms with van der Waals surface area (Å²) in [7, 11) is 0. The van der Waals surface area contributed by atoms with Crippen LogP contribution in [0.1, 0.15) is 63.1 Å². The molecule has 100 valence electrons. The van der Waals surface area contributed by atoms with Gasteiger partial charge in [-0.05, 0) is 38.2 Å². The Morgan fingerprint density at radius 2 is 2.17 bits per heavy atom. The molecule has 0 radical (unpaired) electrons. The first-order valence-corrected chi connectivity index (χ1v) is 7.51. The molecule has 0 amide bonds. The maximum absolute atomic E-state index is 3.83. The van der Waals surface area contributed by atoms with E-state index < -0.39 is 0 Å². The van der Waals surface area contributed by atoms with E-state index in [-0.39, 0.29) is 0 Å². The SMILES string of the molecule is CCC1CCCC(N[C@H](C)c2cccc(C)c2)C1. The number of rotatable bonds is 4. The zero-order chi connectivity index (χ0) is 13.0. The molecule has 1 aromatic rings. The van der Waals surface area contributed by atoms with Gasteiger partial charge in [0.05, 0.1) is 0 Å². The highest BCUT2D eigenvalue weighted by atomic mass is 14.9. The molecule has 2 unspecified atom stereocenters. The minimum Gasteiger partial charge on any atom is -0.307 e. The number of hydrogen-bond donors (Lipinski definition) is 1. The van der Waals surface area contributed by atoms with Gasteiger partial charge in [0, 0.05) is 12.1 Å². The van der Waals surface area contributed by atoms with E-state index >= 15 is 0 Å². The number of benzene rings is 1. The molecule has 0 spiro atoms. The van der Waals surface area contributed by atoms with Gasteiger partial charge >= 0.3 is 0 Å². The molecule has 1 nitrogen and oxygen atoms in total. The quantitative estimate of drug-likeness (QED) is 0.816. The highest BCUT2D eigenvalue weighted by Crippen LogP contribution is 2.28. The molecule has 0 saturated heterocycles. The van der Waals surface area contributed by atoms with Crippen LogP contribution in [-0.4, -0.2) is 6.04 Å². The number of hydrogen-bond acceptors (Lipinski definition) is 1. The molecule has 1 aliphatic carbocycles. The van der Waals surface area contributed by atoms with Crippen molar-refractivity contribution in [2.24, 2.45) is 5.92 Å². The van der Waals surface area contributed by atoms with Crippen LogP contribution < -0.4 is 5.32 Å². The second-order valence-electron chi connectivity index (χ2n) is 5.94. The van der Waals surface area contributed by atoms with Crippen LogP contribution in [-0.2, 0) is 0 Å². The van der Waals surface area contributed by atoms with E-state index in [1.54, 1.807) is 0 Å². The third-order valence-corrected chi connectivity index (χ3v) is 4.39. The van der Waals surface area contributed by atoms with Crippen molar-refractivity contribution >= 4 is 0 Å². The van der Waals surface area contributed by atoms with E-state index in [1.807, 2.05) is 0 Å². The highest BCUT2D eigenvalue weighted by molar-refractivity contribution is 5.24. The lowest BCUT2D eigenvalue weighted by molar-refractivity contribution is 0.266. The van der Waals surface area contributed by atoms with Gasteiger partial charge in [-0.3, -0.25) is 0 Å². The summed E-state index contributed by atoms with van der Waals surface area (Å²) in [6.07, 6.45) is 6.90. The lowest BCUT2D eigenvalue weighted by Crippen LogP contribution is -2.35. The van der Waals surface area contributed by atoms with Crippen molar-refractivity contribution in [2.75, 3.05) is 0 Å². The first kappa shape index (κ1) is 13.6. The molecule has 1 aliphatic rings. The third kappa shape index (κ3) is 3.58. The fourth-order valence-electron chi connectivity index (χ4n) is 3.20. The van der Waals surface area contributed by atoms with E-state index in [0.717, 1.165) is 12.0 Å². The van der Waals surface area contributed by atoms with Crippen LogP contribution >= 0.6 is 0 Å². The van der Waals surface area contributed by atoms with E-state index in [4.69, 9.17) is 0 Å². The molecule has 1 fully saturated rings. The molecular formula is C17H27N. The van der Waals surface area contributed by atoms with Gasteiger partial charge in [0.15, 0.2) is 0 Å². The van der Waals surface area contributed by atoms with E-state index in [1.165, 1.54) is 43.2 Å². The summed E-state index contributed by atoms with van der Waals surface area (Å²) in [6, 6.07) is 10.1. The summed E-state index contributed by atoms with van der Waals surface area (Å²) in [5, 5.41) is 3.83. The molecule has 1 N–H and O–H groups in total. The fraction of sp³-hybridized carbons (Fsp3) is 0.647. The Kier molecular flexibility index (Phi) is 4.82. The zero-order valence-corrected chi connectivity index (χ0v) is 12.1. The average molecular weight is 245 g/mol. The van der Waals surface area contributed by atoms with Gasteiger partial charge in [-0.2, -0.15) is 0 Å². The van der Waals surface area contributed by atoms with Crippen molar-refractivity contribution in [3.8, 4) is 0 Å². The molecule has 1 aromatic carbocycles. The van der Waals surface area contributed by atoms with Gasteiger partial charge in [0.2, 0.25) is 0 Å². The minimum absolute atomic E-state index is 0.477. The Morgan fingerprint density at radius 3 is 2.89 bits per heavy atom. The Bertz CT molecular complexity index is 372. The Balaban J connectivity index is 1.92. The summed E-state index contributed by atoms with van der Waals surface area (Å²) in [5.41, 5.74) is 2.78. The second-order valence-corrected chi connectivity index (χ2v) is 5.94. The van der Waals surface area contributed by atoms with Crippen molar-refractivity contribution in [2.45, 2.75) is 65.0 Å². The number of aryl methyl sites for hydroxylation is 1. The topological polar surface area (TPSA) is 12.0 Å². The minimum atomic E-state index is 0.477. The van der Waals surface area contributed by atoms with Gasteiger partial charge in [-0.1, -0.05) is 56.0 Å². The van der Waals surface area contributed by atoms with Crippen LogP contribution in [0.15, 0.2) is 24.3 Å². The van der Waals surface area contributed by atoms with Crippen molar-refractivity contribution < 1.29 is 0 Å². The zero-order valence-electron chi connectivity index (χ0n) is 12.1. The van der Waals surface area contributed by atoms with Gasteiger partial charge in [-0.15, -0.1) is 0 Å². The van der Waals surface area contributed by atoms with Crippen LogP contribution in [0.5, 0.6) is 0 Å². The van der Waals surface area contributed by atoms with Crippen LogP contribution in [0, 0.1) is 12.8 Å². The Labute approximate surface area is 112 Å². The molecule has 0 heterocycles. The van der Waals surface area contributed by atoms with Crippen molar-refractivity contribution in [1.82, 2.24) is 5.32 Å². The average Bonchev–Trinajstić information content (AvgIpc) is 2.39. The maximum Gasteiger partial charge on any atom is 0.0294 e. The predicted molar refractivity (Wildman–Crippen MR) is 78.8 cm³/mol. The smallest absolute Gasteiger partial charge is 0.0294 e. The molecule has 18 heavy (non-hydrogen) atoms. The monoisotopic (exact) mass is 245 g/mol. The predicted octanol–water partition coefficient (Wildman–Crippen LogP) is 4.61. The Hall–Kier alpha value is -0.820. The van der Waals surface area contributed by atoms with Crippen LogP contribution in [0.3, 0.4) is 0 Å². The van der Waals surface area contributed by atoms with Crippen molar-refractivity contribution in [1.29, 1.82) is 0 Å². The summed E-state index contributed by atoms with van der Waals surface area (Å²) in [5.74, 6) is 0.945. The molecule has 3 atom stereocenters. The highest BCUT2D eigenvalue weighted by Gasteiger charge is 2.22. The van der Waals surface area contributed by atoms with E-state index in [2.05, 4.69) is 50.4 Å². The molecule has 2 rings (SSSR count). The molecule has 1 heteroatoms. The Morgan fingerprint density at radius 1 is 1.33 bits per heavy atom. The number of nitrogens with one attached hydrogen (secondary N) is 1. The molecule has 0 bridgehead atoms. The lowest BCUT2D eigenvalue weighted by atomic mass is 9.84. The summed E-state index contributed by atoms with van der Waals surface area (Å²) < 4.78 is 0. The summed E-state index contributed by atoms with van der Waals surface area (Å²) >= 11 is 0. The molecule has 1 saturated carbocycles. The lowest BCUT2D eigenvalue weighted by Gasteiger charge is -2.31. The van der Waals surface area contributed by atoms with Gasteiger partial charge in [0.1, 0.15) is 0 Å². The molecular weight excluding hydrogens is 218 g/mol. The van der Waals surface area contributed by atoms with Crippen molar-refractivity contribution in [3.05, 3.63) is 35.4 Å². The molecule has 0 aromatic heterocycles. The maximum atomic E-state index is 3.83. The van der Waals surface area contributed by atoms with E-state index in [0.29, 0.717) is 6.04 Å². The summed E-state index contributed by atoms with van der Waals surface area (Å²) in [4.78, 5) is 0. The largest absolute Gasteiger partial charge is 0.307 e. The first-order chi connectivity index (χ1) is 8.69. The summed E-state index contributed by atoms with van der Waals surface area (Å²) in [6.45, 7) is 6.80.